The number of halogens is 3. The minimum atomic E-state index is -4.37. The van der Waals surface area contributed by atoms with Gasteiger partial charge >= 0.3 is 6.18 Å². The molecule has 0 fully saturated rings. The Bertz CT molecular complexity index is 615. The van der Waals surface area contributed by atoms with Crippen LogP contribution in [0.3, 0.4) is 0 Å². The average molecular weight is 291 g/mol. The summed E-state index contributed by atoms with van der Waals surface area (Å²) in [5.41, 5.74) is 0.716. The van der Waals surface area contributed by atoms with Gasteiger partial charge in [-0.1, -0.05) is 12.1 Å². The van der Waals surface area contributed by atoms with Crippen molar-refractivity contribution in [3.05, 3.63) is 65.5 Å². The van der Waals surface area contributed by atoms with Gasteiger partial charge in [0.25, 0.3) is 0 Å². The van der Waals surface area contributed by atoms with Crippen molar-refractivity contribution < 1.29 is 13.2 Å². The summed E-state index contributed by atoms with van der Waals surface area (Å²) in [5, 5.41) is 12.1. The lowest BCUT2D eigenvalue weighted by Gasteiger charge is -2.13. The molecule has 0 aliphatic rings. The number of aromatic nitrogens is 1. The smallest absolute Gasteiger partial charge is 0.294 e. The fraction of sp³-hybridized carbons (Fsp3) is 0.200. The highest BCUT2D eigenvalue weighted by molar-refractivity contribution is 5.29. The zero-order valence-electron chi connectivity index (χ0n) is 10.9. The highest BCUT2D eigenvalue weighted by Gasteiger charge is 2.30. The lowest BCUT2D eigenvalue weighted by molar-refractivity contribution is -0.137. The third-order valence-corrected chi connectivity index (χ3v) is 2.96. The maximum absolute atomic E-state index is 12.5. The van der Waals surface area contributed by atoms with Gasteiger partial charge in [-0.25, -0.2) is 0 Å². The Morgan fingerprint density at radius 3 is 2.24 bits per heavy atom. The molecule has 0 radical (unpaired) electrons. The van der Waals surface area contributed by atoms with Crippen LogP contribution in [0.2, 0.25) is 0 Å². The van der Waals surface area contributed by atoms with Gasteiger partial charge in [-0.2, -0.15) is 18.4 Å². The Labute approximate surface area is 120 Å². The number of nitriles is 1. The molecule has 1 heterocycles. The number of hydrogen-bond acceptors (Lipinski definition) is 3. The number of pyridine rings is 1. The van der Waals surface area contributed by atoms with E-state index in [1.54, 1.807) is 24.5 Å². The molecule has 1 unspecified atom stereocenters. The number of alkyl halides is 3. The van der Waals surface area contributed by atoms with Crippen LogP contribution in [-0.4, -0.2) is 4.98 Å². The lowest BCUT2D eigenvalue weighted by Crippen LogP contribution is -2.19. The van der Waals surface area contributed by atoms with Crippen molar-refractivity contribution in [3.8, 4) is 6.07 Å². The van der Waals surface area contributed by atoms with E-state index in [1.165, 1.54) is 12.1 Å². The number of benzene rings is 1. The summed E-state index contributed by atoms with van der Waals surface area (Å²) < 4.78 is 37.5. The van der Waals surface area contributed by atoms with Crippen LogP contribution in [0.25, 0.3) is 0 Å². The molecule has 21 heavy (non-hydrogen) atoms. The minimum absolute atomic E-state index is 0.432. The molecule has 2 aromatic rings. The molecule has 108 valence electrons. The Morgan fingerprint density at radius 1 is 1.10 bits per heavy atom. The summed E-state index contributed by atoms with van der Waals surface area (Å²) in [6.45, 7) is 0.432. The standard InChI is InChI=1S/C15H12F3N3/c16-15(17,18)13-3-1-12(2-4-13)14(9-19)21-10-11-5-7-20-8-6-11/h1-8,14,21H,10H2. The van der Waals surface area contributed by atoms with Gasteiger partial charge in [0.15, 0.2) is 0 Å². The summed E-state index contributed by atoms with van der Waals surface area (Å²) in [6.07, 6.45) is -1.10. The predicted octanol–water partition coefficient (Wildman–Crippen LogP) is 3.45. The van der Waals surface area contributed by atoms with Crippen molar-refractivity contribution in [3.63, 3.8) is 0 Å². The van der Waals surface area contributed by atoms with Gasteiger partial charge in [0.1, 0.15) is 6.04 Å². The Kier molecular flexibility index (Phi) is 4.55. The zero-order valence-corrected chi connectivity index (χ0v) is 10.9. The van der Waals surface area contributed by atoms with Crippen molar-refractivity contribution in [2.24, 2.45) is 0 Å². The van der Waals surface area contributed by atoms with Gasteiger partial charge < -0.3 is 0 Å². The summed E-state index contributed by atoms with van der Waals surface area (Å²) in [6, 6.07) is 9.56. The molecule has 1 aromatic heterocycles. The van der Waals surface area contributed by atoms with Crippen molar-refractivity contribution >= 4 is 0 Å². The fourth-order valence-electron chi connectivity index (χ4n) is 1.82. The van der Waals surface area contributed by atoms with E-state index in [9.17, 15) is 13.2 Å². The number of rotatable bonds is 4. The van der Waals surface area contributed by atoms with E-state index >= 15 is 0 Å². The fourth-order valence-corrected chi connectivity index (χ4v) is 1.82. The van der Waals surface area contributed by atoms with Gasteiger partial charge in [-0.3, -0.25) is 10.3 Å². The number of nitrogens with zero attached hydrogens (tertiary/aromatic N) is 2. The molecule has 0 spiro atoms. The van der Waals surface area contributed by atoms with Crippen LogP contribution in [-0.2, 0) is 12.7 Å². The minimum Gasteiger partial charge on any atom is -0.294 e. The second kappa shape index (κ2) is 6.37. The Balaban J connectivity index is 2.06. The van der Waals surface area contributed by atoms with Crippen molar-refractivity contribution in [2.75, 3.05) is 0 Å². The van der Waals surface area contributed by atoms with Crippen molar-refractivity contribution in [1.82, 2.24) is 10.3 Å². The second-order valence-electron chi connectivity index (χ2n) is 4.42. The highest BCUT2D eigenvalue weighted by Crippen LogP contribution is 2.29. The van der Waals surface area contributed by atoms with Crippen LogP contribution in [0.4, 0.5) is 13.2 Å². The van der Waals surface area contributed by atoms with E-state index in [0.29, 0.717) is 12.1 Å². The van der Waals surface area contributed by atoms with Gasteiger partial charge in [-0.05, 0) is 35.4 Å². The molecule has 1 aromatic carbocycles. The van der Waals surface area contributed by atoms with E-state index in [4.69, 9.17) is 5.26 Å². The zero-order chi connectivity index (χ0) is 15.3. The maximum atomic E-state index is 12.5. The van der Waals surface area contributed by atoms with Crippen LogP contribution in [0.15, 0.2) is 48.8 Å². The molecule has 1 N–H and O–H groups in total. The highest BCUT2D eigenvalue weighted by atomic mass is 19.4. The van der Waals surface area contributed by atoms with Crippen LogP contribution in [0, 0.1) is 11.3 Å². The predicted molar refractivity (Wildman–Crippen MR) is 70.9 cm³/mol. The quantitative estimate of drug-likeness (QED) is 0.938. The summed E-state index contributed by atoms with van der Waals surface area (Å²) in [7, 11) is 0. The molecule has 0 amide bonds. The van der Waals surface area contributed by atoms with Crippen molar-refractivity contribution in [1.29, 1.82) is 5.26 Å². The molecule has 0 saturated heterocycles. The van der Waals surface area contributed by atoms with E-state index in [1.807, 2.05) is 6.07 Å². The third kappa shape index (κ3) is 4.04. The molecule has 0 saturated carbocycles. The maximum Gasteiger partial charge on any atom is 0.416 e. The van der Waals surface area contributed by atoms with E-state index in [2.05, 4.69) is 10.3 Å². The molecule has 6 heteroatoms. The first-order chi connectivity index (χ1) is 10.0. The first kappa shape index (κ1) is 15.0. The van der Waals surface area contributed by atoms with Gasteiger partial charge in [-0.15, -0.1) is 0 Å². The van der Waals surface area contributed by atoms with Crippen LogP contribution >= 0.6 is 0 Å². The SMILES string of the molecule is N#CC(NCc1ccncc1)c1ccc(C(F)(F)F)cc1. The third-order valence-electron chi connectivity index (χ3n) is 2.96. The molecule has 0 aliphatic heterocycles. The number of nitrogens with one attached hydrogen (secondary N) is 1. The van der Waals surface area contributed by atoms with Crippen LogP contribution < -0.4 is 5.32 Å². The van der Waals surface area contributed by atoms with Crippen LogP contribution in [0.5, 0.6) is 0 Å². The molecule has 0 aliphatic carbocycles. The first-order valence-corrected chi connectivity index (χ1v) is 6.20. The number of hydrogen-bond donors (Lipinski definition) is 1. The van der Waals surface area contributed by atoms with E-state index in [0.717, 1.165) is 17.7 Å². The summed E-state index contributed by atoms with van der Waals surface area (Å²) in [5.74, 6) is 0. The molecular weight excluding hydrogens is 279 g/mol. The second-order valence-corrected chi connectivity index (χ2v) is 4.42. The van der Waals surface area contributed by atoms with Gasteiger partial charge in [0.05, 0.1) is 11.6 Å². The molecule has 3 nitrogen and oxygen atoms in total. The van der Waals surface area contributed by atoms with E-state index in [-0.39, 0.29) is 0 Å². The molecular formula is C15H12F3N3. The summed E-state index contributed by atoms with van der Waals surface area (Å²) >= 11 is 0. The van der Waals surface area contributed by atoms with Crippen molar-refractivity contribution in [2.45, 2.75) is 18.8 Å². The van der Waals surface area contributed by atoms with Crippen LogP contribution in [0.1, 0.15) is 22.7 Å². The average Bonchev–Trinajstić information content (AvgIpc) is 2.48. The molecule has 2 rings (SSSR count). The largest absolute Gasteiger partial charge is 0.416 e. The van der Waals surface area contributed by atoms with Gasteiger partial charge in [0, 0.05) is 18.9 Å². The molecule has 1 atom stereocenters. The monoisotopic (exact) mass is 291 g/mol. The normalized spacial score (nSPS) is 12.7. The Morgan fingerprint density at radius 2 is 1.71 bits per heavy atom. The Hall–Kier alpha value is -2.39. The van der Waals surface area contributed by atoms with Gasteiger partial charge in [0.2, 0.25) is 0 Å². The van der Waals surface area contributed by atoms with E-state index < -0.39 is 17.8 Å². The topological polar surface area (TPSA) is 48.7 Å². The molecule has 0 bridgehead atoms. The summed E-state index contributed by atoms with van der Waals surface area (Å²) in [4.78, 5) is 3.88. The first-order valence-electron chi connectivity index (χ1n) is 6.20. The lowest BCUT2D eigenvalue weighted by atomic mass is 10.1.